The topological polar surface area (TPSA) is 17.8 Å². The molecule has 76 valence electrons. The molecule has 15 heavy (non-hydrogen) atoms. The van der Waals surface area contributed by atoms with Crippen molar-refractivity contribution in [1.82, 2.24) is 9.55 Å². The largest absolute Gasteiger partial charge is 0.330 e. The maximum absolute atomic E-state index is 4.44. The molecular weight excluding hydrogens is 184 g/mol. The van der Waals surface area contributed by atoms with Crippen molar-refractivity contribution < 1.29 is 0 Å². The third-order valence-corrected chi connectivity index (χ3v) is 2.89. The molecular formula is C13H14N2. The third-order valence-electron chi connectivity index (χ3n) is 2.89. The summed E-state index contributed by atoms with van der Waals surface area (Å²) in [6, 6.07) is 10.6. The highest BCUT2D eigenvalue weighted by Gasteiger charge is 2.27. The van der Waals surface area contributed by atoms with Gasteiger partial charge in [-0.15, -0.1) is 0 Å². The van der Waals surface area contributed by atoms with Crippen molar-refractivity contribution in [3.8, 4) is 0 Å². The van der Waals surface area contributed by atoms with Crippen molar-refractivity contribution >= 4 is 0 Å². The second-order valence-corrected chi connectivity index (χ2v) is 4.17. The number of aromatic nitrogens is 2. The lowest BCUT2D eigenvalue weighted by molar-refractivity contribution is 0.726. The fourth-order valence-corrected chi connectivity index (χ4v) is 1.94. The van der Waals surface area contributed by atoms with E-state index >= 15 is 0 Å². The van der Waals surface area contributed by atoms with Gasteiger partial charge in [0.2, 0.25) is 0 Å². The zero-order chi connectivity index (χ0) is 10.1. The van der Waals surface area contributed by atoms with Gasteiger partial charge in [-0.05, 0) is 18.4 Å². The number of benzene rings is 1. The molecule has 0 atom stereocenters. The minimum absolute atomic E-state index is 0.726. The Balaban J connectivity index is 1.84. The zero-order valence-electron chi connectivity index (χ0n) is 8.63. The summed E-state index contributed by atoms with van der Waals surface area (Å²) in [5.74, 6) is 1.99. The van der Waals surface area contributed by atoms with Crippen LogP contribution in [0.4, 0.5) is 0 Å². The first-order valence-electron chi connectivity index (χ1n) is 5.48. The van der Waals surface area contributed by atoms with E-state index < -0.39 is 0 Å². The van der Waals surface area contributed by atoms with Crippen LogP contribution >= 0.6 is 0 Å². The molecule has 2 heteroatoms. The van der Waals surface area contributed by atoms with Crippen molar-refractivity contribution in [2.24, 2.45) is 0 Å². The first kappa shape index (κ1) is 8.72. The first-order chi connectivity index (χ1) is 7.43. The van der Waals surface area contributed by atoms with Gasteiger partial charge in [0.25, 0.3) is 0 Å². The van der Waals surface area contributed by atoms with Crippen LogP contribution in [0.2, 0.25) is 0 Å². The molecule has 2 nitrogen and oxygen atoms in total. The lowest BCUT2D eigenvalue weighted by Gasteiger charge is -2.06. The fourth-order valence-electron chi connectivity index (χ4n) is 1.94. The van der Waals surface area contributed by atoms with Gasteiger partial charge in [-0.3, -0.25) is 0 Å². The molecule has 1 saturated carbocycles. The molecule has 1 aliphatic carbocycles. The van der Waals surface area contributed by atoms with Gasteiger partial charge in [-0.2, -0.15) is 0 Å². The molecule has 0 N–H and O–H groups in total. The fraction of sp³-hybridized carbons (Fsp3) is 0.308. The highest BCUT2D eigenvalue weighted by molar-refractivity contribution is 5.17. The molecule has 1 heterocycles. The molecule has 2 aromatic rings. The van der Waals surface area contributed by atoms with Crippen LogP contribution < -0.4 is 0 Å². The van der Waals surface area contributed by atoms with Gasteiger partial charge in [0.05, 0.1) is 0 Å². The van der Waals surface area contributed by atoms with E-state index in [0.29, 0.717) is 0 Å². The molecule has 1 aromatic heterocycles. The second-order valence-electron chi connectivity index (χ2n) is 4.17. The van der Waals surface area contributed by atoms with Gasteiger partial charge in [-0.1, -0.05) is 30.3 Å². The van der Waals surface area contributed by atoms with Crippen LogP contribution in [0.25, 0.3) is 0 Å². The molecule has 1 fully saturated rings. The normalized spacial score (nSPS) is 15.5. The highest BCUT2D eigenvalue weighted by atomic mass is 15.1. The van der Waals surface area contributed by atoms with Gasteiger partial charge in [-0.25, -0.2) is 4.98 Å². The van der Waals surface area contributed by atoms with E-state index in [1.54, 1.807) is 0 Å². The molecule has 1 aromatic carbocycles. The van der Waals surface area contributed by atoms with Crippen molar-refractivity contribution in [3.05, 3.63) is 54.1 Å². The lowest BCUT2D eigenvalue weighted by Crippen LogP contribution is -2.02. The number of nitrogens with zero attached hydrogens (tertiary/aromatic N) is 2. The minimum atomic E-state index is 0.726. The molecule has 0 saturated heterocycles. The van der Waals surface area contributed by atoms with Crippen LogP contribution in [0, 0.1) is 0 Å². The monoisotopic (exact) mass is 198 g/mol. The van der Waals surface area contributed by atoms with Crippen LogP contribution in [0.3, 0.4) is 0 Å². The Morgan fingerprint density at radius 3 is 2.73 bits per heavy atom. The van der Waals surface area contributed by atoms with E-state index in [9.17, 15) is 0 Å². The molecule has 1 aliphatic rings. The number of hydrogen-bond donors (Lipinski definition) is 0. The van der Waals surface area contributed by atoms with E-state index in [-0.39, 0.29) is 0 Å². The Labute approximate surface area is 89.6 Å². The maximum Gasteiger partial charge on any atom is 0.112 e. The Morgan fingerprint density at radius 2 is 2.00 bits per heavy atom. The summed E-state index contributed by atoms with van der Waals surface area (Å²) >= 11 is 0. The highest BCUT2D eigenvalue weighted by Crippen LogP contribution is 2.39. The molecule has 0 radical (unpaired) electrons. The SMILES string of the molecule is c1ccc(Cn2ccnc2C2CC2)cc1. The standard InChI is InChI=1S/C13H14N2/c1-2-4-11(5-3-1)10-15-9-8-14-13(15)12-6-7-12/h1-5,8-9,12H,6-7,10H2. The summed E-state index contributed by atoms with van der Waals surface area (Å²) in [7, 11) is 0. The van der Waals surface area contributed by atoms with Crippen LogP contribution in [0.15, 0.2) is 42.7 Å². The average molecular weight is 198 g/mol. The summed E-state index contributed by atoms with van der Waals surface area (Å²) in [6.07, 6.45) is 6.62. The third kappa shape index (κ3) is 1.80. The van der Waals surface area contributed by atoms with Crippen LogP contribution in [0.1, 0.15) is 30.1 Å². The van der Waals surface area contributed by atoms with Crippen molar-refractivity contribution in [3.63, 3.8) is 0 Å². The lowest BCUT2D eigenvalue weighted by atomic mass is 10.2. The number of imidazole rings is 1. The van der Waals surface area contributed by atoms with Gasteiger partial charge in [0, 0.05) is 24.9 Å². The van der Waals surface area contributed by atoms with Crippen LogP contribution in [-0.4, -0.2) is 9.55 Å². The molecule has 0 bridgehead atoms. The van der Waals surface area contributed by atoms with Gasteiger partial charge < -0.3 is 4.57 Å². The van der Waals surface area contributed by atoms with E-state index in [1.165, 1.54) is 24.2 Å². The predicted molar refractivity (Wildman–Crippen MR) is 59.7 cm³/mol. The number of rotatable bonds is 3. The second kappa shape index (κ2) is 3.54. The molecule has 0 aliphatic heterocycles. The number of hydrogen-bond acceptors (Lipinski definition) is 1. The minimum Gasteiger partial charge on any atom is -0.330 e. The molecule has 0 amide bonds. The van der Waals surface area contributed by atoms with Crippen LogP contribution in [-0.2, 0) is 6.54 Å². The smallest absolute Gasteiger partial charge is 0.112 e. The molecule has 0 unspecified atom stereocenters. The van der Waals surface area contributed by atoms with Gasteiger partial charge in [0.15, 0.2) is 0 Å². The quantitative estimate of drug-likeness (QED) is 0.741. The Bertz CT molecular complexity index is 441. The Hall–Kier alpha value is -1.57. The molecule has 3 rings (SSSR count). The summed E-state index contributed by atoms with van der Waals surface area (Å²) in [5, 5.41) is 0. The van der Waals surface area contributed by atoms with Crippen molar-refractivity contribution in [2.75, 3.05) is 0 Å². The zero-order valence-corrected chi connectivity index (χ0v) is 8.63. The van der Waals surface area contributed by atoms with E-state index in [4.69, 9.17) is 0 Å². The summed E-state index contributed by atoms with van der Waals surface area (Å²) in [4.78, 5) is 4.44. The first-order valence-corrected chi connectivity index (χ1v) is 5.48. The van der Waals surface area contributed by atoms with E-state index in [2.05, 4.69) is 46.1 Å². The average Bonchev–Trinajstić information content (AvgIpc) is 3.02. The Kier molecular flexibility index (Phi) is 2.05. The maximum atomic E-state index is 4.44. The predicted octanol–water partition coefficient (Wildman–Crippen LogP) is 2.81. The summed E-state index contributed by atoms with van der Waals surface area (Å²) in [5.41, 5.74) is 1.34. The van der Waals surface area contributed by atoms with E-state index in [0.717, 1.165) is 12.5 Å². The summed E-state index contributed by atoms with van der Waals surface area (Å²) < 4.78 is 2.27. The Morgan fingerprint density at radius 1 is 1.20 bits per heavy atom. The van der Waals surface area contributed by atoms with Gasteiger partial charge >= 0.3 is 0 Å². The van der Waals surface area contributed by atoms with Gasteiger partial charge in [0.1, 0.15) is 5.82 Å². The molecule has 0 spiro atoms. The van der Waals surface area contributed by atoms with Crippen molar-refractivity contribution in [1.29, 1.82) is 0 Å². The summed E-state index contributed by atoms with van der Waals surface area (Å²) in [6.45, 7) is 0.951. The van der Waals surface area contributed by atoms with Crippen molar-refractivity contribution in [2.45, 2.75) is 25.3 Å². The van der Waals surface area contributed by atoms with Crippen LogP contribution in [0.5, 0.6) is 0 Å². The van der Waals surface area contributed by atoms with E-state index in [1.807, 2.05) is 6.20 Å².